The monoisotopic (exact) mass is 281 g/mol. The summed E-state index contributed by atoms with van der Waals surface area (Å²) in [4.78, 5) is 0. The molecule has 0 radical (unpaired) electrons. The van der Waals surface area contributed by atoms with Crippen molar-refractivity contribution < 1.29 is 5.11 Å². The molecule has 0 unspecified atom stereocenters. The molecule has 0 bridgehead atoms. The van der Waals surface area contributed by atoms with Gasteiger partial charge in [-0.2, -0.15) is 0 Å². The van der Waals surface area contributed by atoms with Crippen LogP contribution in [-0.2, 0) is 0 Å². The normalized spacial score (nSPS) is 12.2. The van der Waals surface area contributed by atoms with E-state index < -0.39 is 0 Å². The van der Waals surface area contributed by atoms with Crippen molar-refractivity contribution in [3.8, 4) is 5.75 Å². The Labute approximate surface area is 116 Å². The molecule has 2 rings (SSSR count). The van der Waals surface area contributed by atoms with Gasteiger partial charge in [0.2, 0.25) is 0 Å². The zero-order valence-electron chi connectivity index (χ0n) is 9.82. The largest absolute Gasteiger partial charge is 0.508 e. The molecule has 2 N–H and O–H groups in total. The van der Waals surface area contributed by atoms with E-state index in [1.807, 2.05) is 31.2 Å². The van der Waals surface area contributed by atoms with Gasteiger partial charge < -0.3 is 10.4 Å². The van der Waals surface area contributed by atoms with Crippen molar-refractivity contribution in [2.24, 2.45) is 0 Å². The molecule has 0 saturated heterocycles. The van der Waals surface area contributed by atoms with Crippen LogP contribution in [0.25, 0.3) is 0 Å². The van der Waals surface area contributed by atoms with Crippen molar-refractivity contribution in [1.29, 1.82) is 0 Å². The number of aromatic hydroxyl groups is 1. The second-order valence-electron chi connectivity index (χ2n) is 4.08. The Morgan fingerprint density at radius 2 is 1.61 bits per heavy atom. The van der Waals surface area contributed by atoms with Crippen LogP contribution >= 0.6 is 23.2 Å². The Balaban J connectivity index is 2.18. The summed E-state index contributed by atoms with van der Waals surface area (Å²) in [6.45, 7) is 1.96. The van der Waals surface area contributed by atoms with Gasteiger partial charge in [0.05, 0.1) is 6.04 Å². The highest BCUT2D eigenvalue weighted by molar-refractivity contribution is 6.31. The fraction of sp³-hybridized carbons (Fsp3) is 0.143. The Bertz CT molecular complexity index is 540. The Kier molecular flexibility index (Phi) is 4.00. The predicted molar refractivity (Wildman–Crippen MR) is 76.6 cm³/mol. The summed E-state index contributed by atoms with van der Waals surface area (Å²) in [5.41, 5.74) is 1.70. The summed E-state index contributed by atoms with van der Waals surface area (Å²) in [5, 5.41) is 14.4. The van der Waals surface area contributed by atoms with Crippen LogP contribution in [0.15, 0.2) is 42.5 Å². The van der Waals surface area contributed by atoms with Gasteiger partial charge in [-0.25, -0.2) is 0 Å². The molecule has 0 heterocycles. The van der Waals surface area contributed by atoms with E-state index in [0.29, 0.717) is 10.0 Å². The zero-order valence-corrected chi connectivity index (χ0v) is 11.3. The van der Waals surface area contributed by atoms with Crippen LogP contribution in [0.1, 0.15) is 18.5 Å². The minimum atomic E-state index is -0.0510. The van der Waals surface area contributed by atoms with E-state index in [0.717, 1.165) is 11.3 Å². The number of phenolic OH excluding ortho intramolecular Hbond substituents is 1. The van der Waals surface area contributed by atoms with Gasteiger partial charge in [0.15, 0.2) is 0 Å². The van der Waals surface area contributed by atoms with E-state index in [1.165, 1.54) is 0 Å². The second-order valence-corrected chi connectivity index (χ2v) is 4.95. The number of halogens is 2. The quantitative estimate of drug-likeness (QED) is 0.841. The van der Waals surface area contributed by atoms with Crippen molar-refractivity contribution >= 4 is 28.9 Å². The Hall–Kier alpha value is -1.38. The maximum absolute atomic E-state index is 9.81. The van der Waals surface area contributed by atoms with Crippen LogP contribution in [0, 0.1) is 0 Å². The van der Waals surface area contributed by atoms with Crippen molar-refractivity contribution in [2.75, 3.05) is 5.32 Å². The number of hydrogen-bond acceptors (Lipinski definition) is 2. The molecular weight excluding hydrogens is 269 g/mol. The minimum Gasteiger partial charge on any atom is -0.508 e. The van der Waals surface area contributed by atoms with Gasteiger partial charge in [-0.1, -0.05) is 23.2 Å². The first-order valence-electron chi connectivity index (χ1n) is 5.57. The van der Waals surface area contributed by atoms with Gasteiger partial charge in [-0.3, -0.25) is 0 Å². The fourth-order valence-corrected chi connectivity index (χ4v) is 2.05. The van der Waals surface area contributed by atoms with Crippen LogP contribution in [-0.4, -0.2) is 5.11 Å². The van der Waals surface area contributed by atoms with Gasteiger partial charge in [0, 0.05) is 21.3 Å². The van der Waals surface area contributed by atoms with Gasteiger partial charge in [-0.15, -0.1) is 0 Å². The predicted octanol–water partition coefficient (Wildman–Crippen LogP) is 4.87. The molecule has 0 aliphatic heterocycles. The van der Waals surface area contributed by atoms with Gasteiger partial charge in [-0.05, 0) is 49.4 Å². The lowest BCUT2D eigenvalue weighted by atomic mass is 10.1. The van der Waals surface area contributed by atoms with E-state index in [2.05, 4.69) is 5.32 Å². The maximum Gasteiger partial charge on any atom is 0.120 e. The zero-order chi connectivity index (χ0) is 13.1. The highest BCUT2D eigenvalue weighted by Gasteiger charge is 2.10. The minimum absolute atomic E-state index is 0.0510. The molecule has 2 aromatic rings. The van der Waals surface area contributed by atoms with Crippen LogP contribution in [0.5, 0.6) is 5.75 Å². The van der Waals surface area contributed by atoms with Crippen LogP contribution in [0.3, 0.4) is 0 Å². The fourth-order valence-electron chi connectivity index (χ4n) is 1.75. The number of benzene rings is 2. The van der Waals surface area contributed by atoms with Crippen LogP contribution in [0.4, 0.5) is 5.69 Å². The molecule has 0 fully saturated rings. The SMILES string of the molecule is C[C@H](Nc1ccc(Cl)cc1)c1cc(Cl)ccc1O. The topological polar surface area (TPSA) is 32.3 Å². The first-order valence-corrected chi connectivity index (χ1v) is 6.32. The lowest BCUT2D eigenvalue weighted by Crippen LogP contribution is -2.06. The van der Waals surface area contributed by atoms with Crippen molar-refractivity contribution in [2.45, 2.75) is 13.0 Å². The second kappa shape index (κ2) is 5.51. The summed E-state index contributed by atoms with van der Waals surface area (Å²) in [6.07, 6.45) is 0. The highest BCUT2D eigenvalue weighted by atomic mass is 35.5. The molecule has 0 aromatic heterocycles. The van der Waals surface area contributed by atoms with Crippen molar-refractivity contribution in [3.05, 3.63) is 58.1 Å². The average molecular weight is 282 g/mol. The van der Waals surface area contributed by atoms with E-state index in [1.54, 1.807) is 18.2 Å². The van der Waals surface area contributed by atoms with Gasteiger partial charge >= 0.3 is 0 Å². The van der Waals surface area contributed by atoms with Crippen molar-refractivity contribution in [1.82, 2.24) is 0 Å². The smallest absolute Gasteiger partial charge is 0.120 e. The number of anilines is 1. The Morgan fingerprint density at radius 3 is 2.28 bits per heavy atom. The van der Waals surface area contributed by atoms with Crippen LogP contribution < -0.4 is 5.32 Å². The first-order chi connectivity index (χ1) is 8.56. The highest BCUT2D eigenvalue weighted by Crippen LogP contribution is 2.29. The maximum atomic E-state index is 9.81. The van der Waals surface area contributed by atoms with E-state index in [4.69, 9.17) is 23.2 Å². The third-order valence-corrected chi connectivity index (χ3v) is 3.17. The third kappa shape index (κ3) is 3.09. The lowest BCUT2D eigenvalue weighted by Gasteiger charge is -2.17. The average Bonchev–Trinajstić information content (AvgIpc) is 2.35. The van der Waals surface area contributed by atoms with Crippen LogP contribution in [0.2, 0.25) is 10.0 Å². The summed E-state index contributed by atoms with van der Waals surface area (Å²) in [5.74, 6) is 0.230. The van der Waals surface area contributed by atoms with E-state index in [9.17, 15) is 5.11 Å². The third-order valence-electron chi connectivity index (χ3n) is 2.68. The van der Waals surface area contributed by atoms with Gasteiger partial charge in [0.1, 0.15) is 5.75 Å². The summed E-state index contributed by atoms with van der Waals surface area (Å²) >= 11 is 11.8. The number of phenols is 1. The molecule has 4 heteroatoms. The number of nitrogens with one attached hydrogen (secondary N) is 1. The lowest BCUT2D eigenvalue weighted by molar-refractivity contribution is 0.465. The standard InChI is InChI=1S/C14H13Cl2NO/c1-9(13-8-11(16)4-7-14(13)18)17-12-5-2-10(15)3-6-12/h2-9,17-18H,1H3/t9-/m0/s1. The molecular formula is C14H13Cl2NO. The van der Waals surface area contributed by atoms with E-state index >= 15 is 0 Å². The molecule has 2 aromatic carbocycles. The molecule has 0 saturated carbocycles. The molecule has 0 aliphatic carbocycles. The number of hydrogen-bond donors (Lipinski definition) is 2. The molecule has 18 heavy (non-hydrogen) atoms. The van der Waals surface area contributed by atoms with E-state index in [-0.39, 0.29) is 11.8 Å². The molecule has 1 atom stereocenters. The summed E-state index contributed by atoms with van der Waals surface area (Å²) in [7, 11) is 0. The molecule has 0 aliphatic rings. The molecule has 2 nitrogen and oxygen atoms in total. The summed E-state index contributed by atoms with van der Waals surface area (Å²) in [6, 6.07) is 12.4. The summed E-state index contributed by atoms with van der Waals surface area (Å²) < 4.78 is 0. The number of rotatable bonds is 3. The van der Waals surface area contributed by atoms with Crippen molar-refractivity contribution in [3.63, 3.8) is 0 Å². The molecule has 0 spiro atoms. The Morgan fingerprint density at radius 1 is 1.00 bits per heavy atom. The molecule has 0 amide bonds. The molecule has 94 valence electrons. The van der Waals surface area contributed by atoms with Gasteiger partial charge in [0.25, 0.3) is 0 Å². The first kappa shape index (κ1) is 13.1.